The van der Waals surface area contributed by atoms with Crippen LogP contribution in [0.3, 0.4) is 0 Å². The first-order valence-corrected chi connectivity index (χ1v) is 4.23. The Hall–Kier alpha value is -1.38. The fraction of sp³-hybridized carbons (Fsp3) is 0.222. The molecule has 0 amide bonds. The summed E-state index contributed by atoms with van der Waals surface area (Å²) in [4.78, 5) is 13.0. The van der Waals surface area contributed by atoms with Gasteiger partial charge in [0.05, 0.1) is 11.6 Å². The molecular weight excluding hydrogens is 209 g/mol. The van der Waals surface area contributed by atoms with Crippen molar-refractivity contribution in [2.24, 2.45) is 4.99 Å². The molecule has 0 aliphatic carbocycles. The number of rotatable bonds is 4. The highest BCUT2D eigenvalue weighted by molar-refractivity contribution is 6.32. The maximum atomic E-state index is 12.6. The molecule has 0 aliphatic rings. The number of halogens is 2. The van der Waals surface area contributed by atoms with Gasteiger partial charge in [-0.15, -0.1) is 0 Å². The minimum absolute atomic E-state index is 0.195. The summed E-state index contributed by atoms with van der Waals surface area (Å²) >= 11 is 5.67. The smallest absolute Gasteiger partial charge is 0.235 e. The van der Waals surface area contributed by atoms with Crippen LogP contribution in [0.4, 0.5) is 4.39 Å². The van der Waals surface area contributed by atoms with Gasteiger partial charge in [0.2, 0.25) is 6.08 Å². The minimum atomic E-state index is -0.423. The molecule has 0 heterocycles. The molecule has 5 heteroatoms. The van der Waals surface area contributed by atoms with Gasteiger partial charge in [0.25, 0.3) is 0 Å². The van der Waals surface area contributed by atoms with Gasteiger partial charge in [-0.05, 0) is 18.2 Å². The van der Waals surface area contributed by atoms with Gasteiger partial charge in [-0.1, -0.05) is 11.6 Å². The van der Waals surface area contributed by atoms with E-state index in [9.17, 15) is 9.18 Å². The SMILES string of the molecule is O=C=NCCOc1ccc(F)cc1Cl. The number of isocyanates is 1. The Morgan fingerprint density at radius 3 is 3.00 bits per heavy atom. The van der Waals surface area contributed by atoms with Crippen molar-refractivity contribution in [3.63, 3.8) is 0 Å². The number of nitrogens with zero attached hydrogens (tertiary/aromatic N) is 1. The van der Waals surface area contributed by atoms with Crippen LogP contribution in [0.25, 0.3) is 0 Å². The van der Waals surface area contributed by atoms with E-state index in [4.69, 9.17) is 16.3 Å². The Labute approximate surface area is 85.2 Å². The van der Waals surface area contributed by atoms with Gasteiger partial charge in [0, 0.05) is 0 Å². The summed E-state index contributed by atoms with van der Waals surface area (Å²) in [6.45, 7) is 0.414. The number of hydrogen-bond acceptors (Lipinski definition) is 3. The molecular formula is C9H7ClFNO2. The third-order valence-corrected chi connectivity index (χ3v) is 1.71. The maximum absolute atomic E-state index is 12.6. The van der Waals surface area contributed by atoms with Gasteiger partial charge in [0.1, 0.15) is 18.2 Å². The lowest BCUT2D eigenvalue weighted by Gasteiger charge is -2.05. The molecule has 0 radical (unpaired) electrons. The lowest BCUT2D eigenvalue weighted by molar-refractivity contribution is 0.328. The molecule has 1 aromatic carbocycles. The number of aliphatic imine (C=N–C) groups is 1. The van der Waals surface area contributed by atoms with Gasteiger partial charge >= 0.3 is 0 Å². The molecule has 1 aromatic rings. The minimum Gasteiger partial charge on any atom is -0.490 e. The van der Waals surface area contributed by atoms with Crippen molar-refractivity contribution in [2.45, 2.75) is 0 Å². The van der Waals surface area contributed by atoms with Crippen molar-refractivity contribution in [2.75, 3.05) is 13.2 Å². The van der Waals surface area contributed by atoms with Gasteiger partial charge in [-0.25, -0.2) is 14.2 Å². The monoisotopic (exact) mass is 215 g/mol. The second-order valence-electron chi connectivity index (χ2n) is 2.40. The number of carbonyl (C=O) groups excluding carboxylic acids is 1. The first kappa shape index (κ1) is 10.7. The number of hydrogen-bond donors (Lipinski definition) is 0. The summed E-state index contributed by atoms with van der Waals surface area (Å²) in [6.07, 6.45) is 1.38. The van der Waals surface area contributed by atoms with Crippen molar-refractivity contribution in [1.29, 1.82) is 0 Å². The first-order valence-electron chi connectivity index (χ1n) is 3.85. The molecule has 0 spiro atoms. The summed E-state index contributed by atoms with van der Waals surface area (Å²) < 4.78 is 17.7. The Balaban J connectivity index is 2.54. The molecule has 0 aromatic heterocycles. The van der Waals surface area contributed by atoms with Crippen LogP contribution in [0.15, 0.2) is 23.2 Å². The first-order chi connectivity index (χ1) is 6.74. The summed E-state index contributed by atoms with van der Waals surface area (Å²) in [6, 6.07) is 3.81. The standard InChI is InChI=1S/C9H7ClFNO2/c10-8-5-7(11)1-2-9(8)14-4-3-12-6-13/h1-2,5H,3-4H2. The zero-order valence-electron chi connectivity index (χ0n) is 7.17. The van der Waals surface area contributed by atoms with Crippen molar-refractivity contribution in [1.82, 2.24) is 0 Å². The topological polar surface area (TPSA) is 38.7 Å². The number of ether oxygens (including phenoxy) is 1. The molecule has 0 aliphatic heterocycles. The summed E-state index contributed by atoms with van der Waals surface area (Å²) in [5.41, 5.74) is 0. The Morgan fingerprint density at radius 1 is 1.57 bits per heavy atom. The van der Waals surface area contributed by atoms with Crippen LogP contribution in [0.2, 0.25) is 5.02 Å². The highest BCUT2D eigenvalue weighted by Gasteiger charge is 2.01. The van der Waals surface area contributed by atoms with E-state index in [2.05, 4.69) is 4.99 Å². The van der Waals surface area contributed by atoms with Crippen LogP contribution in [0.5, 0.6) is 5.75 Å². The van der Waals surface area contributed by atoms with Gasteiger partial charge in [-0.3, -0.25) is 0 Å². The highest BCUT2D eigenvalue weighted by Crippen LogP contribution is 2.24. The van der Waals surface area contributed by atoms with E-state index in [1.54, 1.807) is 0 Å². The van der Waals surface area contributed by atoms with Crippen LogP contribution in [0.1, 0.15) is 0 Å². The average Bonchev–Trinajstić information content (AvgIpc) is 2.15. The molecule has 3 nitrogen and oxygen atoms in total. The molecule has 0 saturated carbocycles. The van der Waals surface area contributed by atoms with E-state index in [1.807, 2.05) is 0 Å². The fourth-order valence-corrected chi connectivity index (χ4v) is 1.06. The molecule has 0 unspecified atom stereocenters. The Morgan fingerprint density at radius 2 is 2.36 bits per heavy atom. The van der Waals surface area contributed by atoms with Crippen molar-refractivity contribution < 1.29 is 13.9 Å². The van der Waals surface area contributed by atoms with Crippen LogP contribution in [-0.4, -0.2) is 19.2 Å². The predicted octanol–water partition coefficient (Wildman–Crippen LogP) is 2.19. The normalized spacial score (nSPS) is 9.29. The van der Waals surface area contributed by atoms with Crippen LogP contribution >= 0.6 is 11.6 Å². The van der Waals surface area contributed by atoms with Crippen molar-refractivity contribution in [3.05, 3.63) is 29.0 Å². The lowest BCUT2D eigenvalue weighted by atomic mass is 10.3. The highest BCUT2D eigenvalue weighted by atomic mass is 35.5. The third kappa shape index (κ3) is 3.17. The predicted molar refractivity (Wildman–Crippen MR) is 49.9 cm³/mol. The molecule has 0 N–H and O–H groups in total. The molecule has 74 valence electrons. The van der Waals surface area contributed by atoms with E-state index in [1.165, 1.54) is 18.2 Å². The van der Waals surface area contributed by atoms with Crippen molar-refractivity contribution in [3.8, 4) is 5.75 Å². The second kappa shape index (κ2) is 5.37. The van der Waals surface area contributed by atoms with Crippen LogP contribution < -0.4 is 4.74 Å². The maximum Gasteiger partial charge on any atom is 0.235 e. The van der Waals surface area contributed by atoms with E-state index in [0.29, 0.717) is 5.75 Å². The quantitative estimate of drug-likeness (QED) is 0.439. The van der Waals surface area contributed by atoms with Crippen LogP contribution in [-0.2, 0) is 4.79 Å². The zero-order valence-corrected chi connectivity index (χ0v) is 7.92. The van der Waals surface area contributed by atoms with Crippen molar-refractivity contribution >= 4 is 17.7 Å². The average molecular weight is 216 g/mol. The zero-order chi connectivity index (χ0) is 10.4. The summed E-state index contributed by atoms with van der Waals surface area (Å²) in [5, 5.41) is 0.195. The van der Waals surface area contributed by atoms with E-state index < -0.39 is 5.82 Å². The van der Waals surface area contributed by atoms with E-state index in [-0.39, 0.29) is 18.2 Å². The number of benzene rings is 1. The molecule has 0 saturated heterocycles. The van der Waals surface area contributed by atoms with Gasteiger partial charge < -0.3 is 4.74 Å². The molecule has 0 bridgehead atoms. The van der Waals surface area contributed by atoms with E-state index in [0.717, 1.165) is 6.07 Å². The molecule has 0 fully saturated rings. The lowest BCUT2D eigenvalue weighted by Crippen LogP contribution is -2.01. The summed E-state index contributed by atoms with van der Waals surface area (Å²) in [5.74, 6) is -0.0533. The summed E-state index contributed by atoms with van der Waals surface area (Å²) in [7, 11) is 0. The fourth-order valence-electron chi connectivity index (χ4n) is 0.839. The van der Waals surface area contributed by atoms with Gasteiger partial charge in [0.15, 0.2) is 0 Å². The molecule has 0 atom stereocenters. The Kier molecular flexibility index (Phi) is 4.11. The molecule has 14 heavy (non-hydrogen) atoms. The Bertz CT molecular complexity index is 364. The van der Waals surface area contributed by atoms with Crippen LogP contribution in [0, 0.1) is 5.82 Å². The second-order valence-corrected chi connectivity index (χ2v) is 2.80. The largest absolute Gasteiger partial charge is 0.490 e. The third-order valence-electron chi connectivity index (χ3n) is 1.42. The van der Waals surface area contributed by atoms with Gasteiger partial charge in [-0.2, -0.15) is 0 Å². The van der Waals surface area contributed by atoms with E-state index >= 15 is 0 Å². The molecule has 1 rings (SSSR count).